The number of carboxylic acid groups (broad SMARTS) is 1. The predicted octanol–water partition coefficient (Wildman–Crippen LogP) is 1.75. The summed E-state index contributed by atoms with van der Waals surface area (Å²) in [7, 11) is 0. The van der Waals surface area contributed by atoms with Gasteiger partial charge in [0.1, 0.15) is 12.1 Å². The maximum atomic E-state index is 11.1. The molecular formula is C12H16N4O3. The fourth-order valence-electron chi connectivity index (χ4n) is 1.86. The Labute approximate surface area is 110 Å². The van der Waals surface area contributed by atoms with Crippen molar-refractivity contribution in [3.63, 3.8) is 0 Å². The van der Waals surface area contributed by atoms with Gasteiger partial charge in [0, 0.05) is 5.92 Å². The molecule has 0 bridgehead atoms. The number of aromatic carboxylic acids is 1. The topological polar surface area (TPSA) is 94.0 Å². The zero-order valence-corrected chi connectivity index (χ0v) is 11.3. The molecule has 0 radical (unpaired) electrons. The third kappa shape index (κ3) is 2.49. The zero-order chi connectivity index (χ0) is 14.2. The van der Waals surface area contributed by atoms with Gasteiger partial charge in [-0.05, 0) is 13.8 Å². The molecular weight excluding hydrogens is 248 g/mol. The number of nitrogens with zero attached hydrogens (tertiary/aromatic N) is 4. The Bertz CT molecular complexity index is 613. The summed E-state index contributed by atoms with van der Waals surface area (Å²) in [5.41, 5.74) is 1.30. The van der Waals surface area contributed by atoms with Crippen LogP contribution in [0.3, 0.4) is 0 Å². The number of aromatic nitrogens is 4. The van der Waals surface area contributed by atoms with E-state index in [2.05, 4.69) is 15.2 Å². The second kappa shape index (κ2) is 4.83. The fourth-order valence-corrected chi connectivity index (χ4v) is 1.86. The normalized spacial score (nSPS) is 11.2. The predicted molar refractivity (Wildman–Crippen MR) is 66.1 cm³/mol. The lowest BCUT2D eigenvalue weighted by atomic mass is 10.2. The van der Waals surface area contributed by atoms with E-state index in [1.54, 1.807) is 18.5 Å². The minimum absolute atomic E-state index is 0.163. The Morgan fingerprint density at radius 3 is 2.58 bits per heavy atom. The molecule has 1 N–H and O–H groups in total. The van der Waals surface area contributed by atoms with Crippen molar-refractivity contribution in [3.8, 4) is 0 Å². The van der Waals surface area contributed by atoms with Gasteiger partial charge in [-0.2, -0.15) is 10.1 Å². The largest absolute Gasteiger partial charge is 0.478 e. The molecule has 0 fully saturated rings. The van der Waals surface area contributed by atoms with E-state index in [0.717, 1.165) is 0 Å². The molecule has 0 aliphatic carbocycles. The van der Waals surface area contributed by atoms with Gasteiger partial charge in [-0.1, -0.05) is 19.0 Å². The SMILES string of the molecule is Cc1nn(Cc2noc(C(C)C)n2)c(C)c1C(=O)O. The van der Waals surface area contributed by atoms with E-state index in [1.807, 2.05) is 13.8 Å². The minimum atomic E-state index is -0.975. The van der Waals surface area contributed by atoms with Crippen LogP contribution in [0.4, 0.5) is 0 Å². The van der Waals surface area contributed by atoms with Gasteiger partial charge in [-0.3, -0.25) is 4.68 Å². The first-order valence-corrected chi connectivity index (χ1v) is 6.00. The standard InChI is InChI=1S/C12H16N4O3/c1-6(2)11-13-9(15-19-11)5-16-8(4)10(12(17)18)7(3)14-16/h6H,5H2,1-4H3,(H,17,18). The number of aryl methyl sites for hydroxylation is 1. The average molecular weight is 264 g/mol. The van der Waals surface area contributed by atoms with Crippen LogP contribution in [0.15, 0.2) is 4.52 Å². The van der Waals surface area contributed by atoms with E-state index in [-0.39, 0.29) is 11.5 Å². The van der Waals surface area contributed by atoms with Crippen molar-refractivity contribution in [1.29, 1.82) is 0 Å². The third-order valence-electron chi connectivity index (χ3n) is 2.86. The van der Waals surface area contributed by atoms with Crippen molar-refractivity contribution in [3.05, 3.63) is 28.7 Å². The summed E-state index contributed by atoms with van der Waals surface area (Å²) in [6.07, 6.45) is 0. The number of hydrogen-bond donors (Lipinski definition) is 1. The van der Waals surface area contributed by atoms with Crippen LogP contribution in [0.2, 0.25) is 0 Å². The van der Waals surface area contributed by atoms with Gasteiger partial charge in [-0.25, -0.2) is 4.79 Å². The molecule has 0 atom stereocenters. The molecule has 2 rings (SSSR count). The van der Waals surface area contributed by atoms with Crippen LogP contribution in [-0.2, 0) is 6.54 Å². The van der Waals surface area contributed by atoms with Gasteiger partial charge in [0.15, 0.2) is 5.82 Å². The van der Waals surface area contributed by atoms with Gasteiger partial charge in [0.2, 0.25) is 5.89 Å². The van der Waals surface area contributed by atoms with Crippen LogP contribution in [0, 0.1) is 13.8 Å². The summed E-state index contributed by atoms with van der Waals surface area (Å²) in [6, 6.07) is 0. The summed E-state index contributed by atoms with van der Waals surface area (Å²) in [5, 5.41) is 17.2. The first-order chi connectivity index (χ1) is 8.90. The average Bonchev–Trinajstić information content (AvgIpc) is 2.85. The van der Waals surface area contributed by atoms with Gasteiger partial charge >= 0.3 is 5.97 Å². The number of hydrogen-bond acceptors (Lipinski definition) is 5. The van der Waals surface area contributed by atoms with Gasteiger partial charge in [0.05, 0.1) is 11.4 Å². The van der Waals surface area contributed by atoms with Gasteiger partial charge < -0.3 is 9.63 Å². The summed E-state index contributed by atoms with van der Waals surface area (Å²) >= 11 is 0. The van der Waals surface area contributed by atoms with E-state index in [9.17, 15) is 4.79 Å². The molecule has 7 nitrogen and oxygen atoms in total. The molecule has 0 saturated carbocycles. The molecule has 102 valence electrons. The molecule has 19 heavy (non-hydrogen) atoms. The van der Waals surface area contributed by atoms with Crippen molar-refractivity contribution in [2.24, 2.45) is 0 Å². The maximum absolute atomic E-state index is 11.1. The van der Waals surface area contributed by atoms with Crippen molar-refractivity contribution in [1.82, 2.24) is 19.9 Å². The lowest BCUT2D eigenvalue weighted by Crippen LogP contribution is -2.07. The highest BCUT2D eigenvalue weighted by molar-refractivity contribution is 5.90. The highest BCUT2D eigenvalue weighted by atomic mass is 16.5. The molecule has 2 heterocycles. The summed E-state index contributed by atoms with van der Waals surface area (Å²) in [5.74, 6) is 0.245. The maximum Gasteiger partial charge on any atom is 0.339 e. The van der Waals surface area contributed by atoms with Crippen molar-refractivity contribution in [2.75, 3.05) is 0 Å². The number of carbonyl (C=O) groups is 1. The monoisotopic (exact) mass is 264 g/mol. The molecule has 2 aromatic heterocycles. The molecule has 0 amide bonds. The molecule has 7 heteroatoms. The first kappa shape index (κ1) is 13.3. The van der Waals surface area contributed by atoms with Gasteiger partial charge in [-0.15, -0.1) is 0 Å². The van der Waals surface area contributed by atoms with E-state index in [4.69, 9.17) is 9.63 Å². The fraction of sp³-hybridized carbons (Fsp3) is 0.500. The first-order valence-electron chi connectivity index (χ1n) is 6.00. The Morgan fingerprint density at radius 1 is 1.42 bits per heavy atom. The van der Waals surface area contributed by atoms with E-state index in [1.165, 1.54) is 0 Å². The van der Waals surface area contributed by atoms with Crippen LogP contribution in [0.5, 0.6) is 0 Å². The number of rotatable bonds is 4. The summed E-state index contributed by atoms with van der Waals surface area (Å²) in [4.78, 5) is 15.3. The molecule has 0 aliphatic heterocycles. The highest BCUT2D eigenvalue weighted by Gasteiger charge is 2.19. The molecule has 2 aromatic rings. The quantitative estimate of drug-likeness (QED) is 0.904. The molecule has 0 aliphatic rings. The van der Waals surface area contributed by atoms with E-state index in [0.29, 0.717) is 29.6 Å². The van der Waals surface area contributed by atoms with Crippen LogP contribution in [-0.4, -0.2) is 31.0 Å². The third-order valence-corrected chi connectivity index (χ3v) is 2.86. The molecule has 0 aromatic carbocycles. The zero-order valence-electron chi connectivity index (χ0n) is 11.3. The van der Waals surface area contributed by atoms with E-state index >= 15 is 0 Å². The summed E-state index contributed by atoms with van der Waals surface area (Å²) < 4.78 is 6.68. The molecule has 0 saturated heterocycles. The van der Waals surface area contributed by atoms with Crippen molar-refractivity contribution in [2.45, 2.75) is 40.2 Å². The Morgan fingerprint density at radius 2 is 2.11 bits per heavy atom. The number of carboxylic acids is 1. The Kier molecular flexibility index (Phi) is 3.37. The van der Waals surface area contributed by atoms with Gasteiger partial charge in [0.25, 0.3) is 0 Å². The Hall–Kier alpha value is -2.18. The highest BCUT2D eigenvalue weighted by Crippen LogP contribution is 2.15. The second-order valence-electron chi connectivity index (χ2n) is 4.71. The van der Waals surface area contributed by atoms with Crippen LogP contribution in [0.1, 0.15) is 53.2 Å². The van der Waals surface area contributed by atoms with Crippen LogP contribution < -0.4 is 0 Å². The second-order valence-corrected chi connectivity index (χ2v) is 4.71. The van der Waals surface area contributed by atoms with Crippen molar-refractivity contribution >= 4 is 5.97 Å². The van der Waals surface area contributed by atoms with E-state index < -0.39 is 5.97 Å². The lowest BCUT2D eigenvalue weighted by Gasteiger charge is -2.00. The smallest absolute Gasteiger partial charge is 0.339 e. The van der Waals surface area contributed by atoms with Crippen LogP contribution >= 0.6 is 0 Å². The van der Waals surface area contributed by atoms with Crippen LogP contribution in [0.25, 0.3) is 0 Å². The summed E-state index contributed by atoms with van der Waals surface area (Å²) in [6.45, 7) is 7.61. The molecule has 0 unspecified atom stereocenters. The molecule has 0 spiro atoms. The lowest BCUT2D eigenvalue weighted by molar-refractivity contribution is 0.0695. The van der Waals surface area contributed by atoms with Crippen molar-refractivity contribution < 1.29 is 14.4 Å². The Balaban J connectivity index is 2.28. The minimum Gasteiger partial charge on any atom is -0.478 e.